The van der Waals surface area contributed by atoms with Gasteiger partial charge in [-0.25, -0.2) is 9.97 Å². The Morgan fingerprint density at radius 3 is 2.81 bits per heavy atom. The van der Waals surface area contributed by atoms with E-state index in [9.17, 15) is 4.79 Å². The number of aromatic nitrogens is 3. The van der Waals surface area contributed by atoms with Crippen molar-refractivity contribution in [3.8, 4) is 0 Å². The molecule has 3 rings (SSSR count). The molecule has 0 aliphatic carbocycles. The molecule has 0 fully saturated rings. The second kappa shape index (κ2) is 6.18. The van der Waals surface area contributed by atoms with Crippen LogP contribution < -0.4 is 5.56 Å². The summed E-state index contributed by atoms with van der Waals surface area (Å²) >= 11 is 3.54. The summed E-state index contributed by atoms with van der Waals surface area (Å²) < 4.78 is 2.76. The smallest absolute Gasteiger partial charge is 0.262 e. The number of rotatable bonds is 4. The summed E-state index contributed by atoms with van der Waals surface area (Å²) in [4.78, 5) is 20.6. The molecule has 0 spiro atoms. The Labute approximate surface area is 130 Å². The van der Waals surface area contributed by atoms with Crippen molar-refractivity contribution < 1.29 is 0 Å². The van der Waals surface area contributed by atoms with Crippen LogP contribution in [0.3, 0.4) is 0 Å². The quantitative estimate of drug-likeness (QED) is 0.730. The Kier molecular flexibility index (Phi) is 4.10. The molecule has 4 nitrogen and oxygen atoms in total. The van der Waals surface area contributed by atoms with Gasteiger partial charge in [-0.2, -0.15) is 0 Å². The molecule has 0 amide bonds. The van der Waals surface area contributed by atoms with Gasteiger partial charge in [0.1, 0.15) is 0 Å². The van der Waals surface area contributed by atoms with E-state index in [0.29, 0.717) is 17.6 Å². The van der Waals surface area contributed by atoms with Crippen molar-refractivity contribution in [3.05, 3.63) is 69.3 Å². The number of hydrogen-bond donors (Lipinski definition) is 0. The predicted molar refractivity (Wildman–Crippen MR) is 86.3 cm³/mol. The van der Waals surface area contributed by atoms with Crippen LogP contribution in [0.5, 0.6) is 0 Å². The van der Waals surface area contributed by atoms with Crippen molar-refractivity contribution >= 4 is 27.0 Å². The van der Waals surface area contributed by atoms with Crippen LogP contribution in [0.2, 0.25) is 0 Å². The monoisotopic (exact) mass is 343 g/mol. The third-order valence-corrected chi connectivity index (χ3v) is 4.17. The number of pyridine rings is 1. The topological polar surface area (TPSA) is 47.8 Å². The maximum absolute atomic E-state index is 12.3. The van der Waals surface area contributed by atoms with Crippen LogP contribution in [0.15, 0.2) is 58.2 Å². The van der Waals surface area contributed by atoms with E-state index >= 15 is 0 Å². The Morgan fingerprint density at radius 2 is 1.95 bits per heavy atom. The van der Waals surface area contributed by atoms with Gasteiger partial charge in [0.25, 0.3) is 5.56 Å². The van der Waals surface area contributed by atoms with Gasteiger partial charge in [0.15, 0.2) is 5.65 Å². The SMILES string of the molecule is O=c1c2cccnc2ncn1CCCc1ccccc1Br. The summed E-state index contributed by atoms with van der Waals surface area (Å²) in [5.74, 6) is 0. The minimum absolute atomic E-state index is 0.0276. The molecule has 0 saturated carbocycles. The van der Waals surface area contributed by atoms with E-state index in [1.165, 1.54) is 5.56 Å². The van der Waals surface area contributed by atoms with Gasteiger partial charge in [-0.05, 0) is 36.6 Å². The van der Waals surface area contributed by atoms with Crippen LogP contribution in [0.25, 0.3) is 11.0 Å². The molecule has 21 heavy (non-hydrogen) atoms. The number of fused-ring (bicyclic) bond motifs is 1. The van der Waals surface area contributed by atoms with E-state index in [1.807, 2.05) is 18.2 Å². The molecule has 5 heteroatoms. The lowest BCUT2D eigenvalue weighted by atomic mass is 10.1. The van der Waals surface area contributed by atoms with Crippen LogP contribution in [-0.4, -0.2) is 14.5 Å². The Morgan fingerprint density at radius 1 is 1.10 bits per heavy atom. The fraction of sp³-hybridized carbons (Fsp3) is 0.188. The first kappa shape index (κ1) is 13.9. The molecule has 0 aliphatic rings. The average molecular weight is 344 g/mol. The Bertz CT molecular complexity index is 829. The van der Waals surface area contributed by atoms with Crippen LogP contribution >= 0.6 is 15.9 Å². The molecule has 106 valence electrons. The van der Waals surface area contributed by atoms with Crippen molar-refractivity contribution in [3.63, 3.8) is 0 Å². The fourth-order valence-corrected chi connectivity index (χ4v) is 2.78. The summed E-state index contributed by atoms with van der Waals surface area (Å²) in [6, 6.07) is 11.7. The second-order valence-electron chi connectivity index (χ2n) is 4.81. The van der Waals surface area contributed by atoms with E-state index in [4.69, 9.17) is 0 Å². The first-order valence-electron chi connectivity index (χ1n) is 6.79. The van der Waals surface area contributed by atoms with E-state index in [1.54, 1.807) is 29.2 Å². The molecule has 0 aliphatic heterocycles. The van der Waals surface area contributed by atoms with Gasteiger partial charge in [-0.1, -0.05) is 34.1 Å². The van der Waals surface area contributed by atoms with Gasteiger partial charge in [0.2, 0.25) is 0 Å². The largest absolute Gasteiger partial charge is 0.299 e. The predicted octanol–water partition coefficient (Wildman–Crippen LogP) is 3.19. The number of benzene rings is 1. The third kappa shape index (κ3) is 3.03. The highest BCUT2D eigenvalue weighted by Gasteiger charge is 2.04. The highest BCUT2D eigenvalue weighted by atomic mass is 79.9. The summed E-state index contributed by atoms with van der Waals surface area (Å²) in [6.45, 7) is 0.651. The molecule has 0 atom stereocenters. The van der Waals surface area contributed by atoms with Gasteiger partial charge >= 0.3 is 0 Å². The van der Waals surface area contributed by atoms with E-state index in [2.05, 4.69) is 32.0 Å². The van der Waals surface area contributed by atoms with Crippen molar-refractivity contribution in [1.82, 2.24) is 14.5 Å². The molecule has 3 aromatic rings. The van der Waals surface area contributed by atoms with E-state index in [-0.39, 0.29) is 5.56 Å². The van der Waals surface area contributed by atoms with Crippen LogP contribution in [-0.2, 0) is 13.0 Å². The lowest BCUT2D eigenvalue weighted by Gasteiger charge is -2.07. The normalized spacial score (nSPS) is 10.9. The van der Waals surface area contributed by atoms with Gasteiger partial charge in [0, 0.05) is 17.2 Å². The minimum atomic E-state index is -0.0276. The lowest BCUT2D eigenvalue weighted by molar-refractivity contribution is 0.616. The second-order valence-corrected chi connectivity index (χ2v) is 5.67. The Hall–Kier alpha value is -2.01. The van der Waals surface area contributed by atoms with Gasteiger partial charge in [-0.3, -0.25) is 9.36 Å². The number of hydrogen-bond acceptors (Lipinski definition) is 3. The summed E-state index contributed by atoms with van der Waals surface area (Å²) in [6.07, 6.45) is 5.03. The summed E-state index contributed by atoms with van der Waals surface area (Å²) in [5.41, 5.74) is 1.73. The highest BCUT2D eigenvalue weighted by Crippen LogP contribution is 2.17. The maximum Gasteiger partial charge on any atom is 0.262 e. The van der Waals surface area contributed by atoms with Crippen LogP contribution in [0, 0.1) is 0 Å². The summed E-state index contributed by atoms with van der Waals surface area (Å²) in [5, 5.41) is 0.570. The Balaban J connectivity index is 1.76. The van der Waals surface area contributed by atoms with Crippen LogP contribution in [0.4, 0.5) is 0 Å². The van der Waals surface area contributed by atoms with E-state index in [0.717, 1.165) is 17.3 Å². The molecular weight excluding hydrogens is 330 g/mol. The summed E-state index contributed by atoms with van der Waals surface area (Å²) in [7, 11) is 0. The highest BCUT2D eigenvalue weighted by molar-refractivity contribution is 9.10. The lowest BCUT2D eigenvalue weighted by Crippen LogP contribution is -2.21. The molecule has 2 heterocycles. The first-order valence-corrected chi connectivity index (χ1v) is 7.58. The van der Waals surface area contributed by atoms with Gasteiger partial charge < -0.3 is 0 Å². The van der Waals surface area contributed by atoms with Crippen molar-refractivity contribution in [2.75, 3.05) is 0 Å². The molecule has 0 unspecified atom stereocenters. The molecule has 2 aromatic heterocycles. The van der Waals surface area contributed by atoms with Crippen molar-refractivity contribution in [1.29, 1.82) is 0 Å². The molecule has 0 radical (unpaired) electrons. The zero-order chi connectivity index (χ0) is 14.7. The molecule has 0 N–H and O–H groups in total. The number of halogens is 1. The average Bonchev–Trinajstić information content (AvgIpc) is 2.52. The standard InChI is InChI=1S/C16H14BrN3O/c17-14-8-2-1-5-12(14)6-4-10-20-11-19-15-13(16(20)21)7-3-9-18-15/h1-3,5,7-9,11H,4,6,10H2. The molecule has 0 bridgehead atoms. The number of nitrogens with zero attached hydrogens (tertiary/aromatic N) is 3. The fourth-order valence-electron chi connectivity index (χ4n) is 2.30. The molecule has 1 aromatic carbocycles. The zero-order valence-electron chi connectivity index (χ0n) is 11.4. The first-order chi connectivity index (χ1) is 10.3. The van der Waals surface area contributed by atoms with Crippen LogP contribution in [0.1, 0.15) is 12.0 Å². The third-order valence-electron chi connectivity index (χ3n) is 3.40. The molecule has 0 saturated heterocycles. The van der Waals surface area contributed by atoms with Crippen molar-refractivity contribution in [2.24, 2.45) is 0 Å². The molecular formula is C16H14BrN3O. The zero-order valence-corrected chi connectivity index (χ0v) is 13.0. The number of aryl methyl sites for hydroxylation is 2. The van der Waals surface area contributed by atoms with Gasteiger partial charge in [-0.15, -0.1) is 0 Å². The van der Waals surface area contributed by atoms with Gasteiger partial charge in [0.05, 0.1) is 11.7 Å². The van der Waals surface area contributed by atoms with E-state index < -0.39 is 0 Å². The minimum Gasteiger partial charge on any atom is -0.299 e. The van der Waals surface area contributed by atoms with Crippen molar-refractivity contribution in [2.45, 2.75) is 19.4 Å². The maximum atomic E-state index is 12.3.